The van der Waals surface area contributed by atoms with Gasteiger partial charge in [0.25, 0.3) is 0 Å². The molecule has 1 saturated heterocycles. The van der Waals surface area contributed by atoms with Crippen molar-refractivity contribution < 1.29 is 9.47 Å². The standard InChI is InChI=1S/C14H24O2/c1-2-12-10-15-14(16-12)9-5-7-11-6-3-4-8-13(11)14/h11-13H,2-10H2,1H3. The van der Waals surface area contributed by atoms with E-state index in [4.69, 9.17) is 9.47 Å². The molecule has 2 nitrogen and oxygen atoms in total. The van der Waals surface area contributed by atoms with Crippen LogP contribution in [0, 0.1) is 11.8 Å². The first kappa shape index (κ1) is 11.0. The van der Waals surface area contributed by atoms with Crippen LogP contribution in [0.5, 0.6) is 0 Å². The molecule has 1 spiro atoms. The first-order valence-electron chi connectivity index (χ1n) is 7.16. The van der Waals surface area contributed by atoms with E-state index in [1.54, 1.807) is 0 Å². The molecule has 0 aromatic heterocycles. The second-order valence-electron chi connectivity index (χ2n) is 5.81. The van der Waals surface area contributed by atoms with Crippen molar-refractivity contribution in [2.75, 3.05) is 6.61 Å². The summed E-state index contributed by atoms with van der Waals surface area (Å²) in [5, 5.41) is 0. The minimum Gasteiger partial charge on any atom is -0.347 e. The lowest BCUT2D eigenvalue weighted by Crippen LogP contribution is -2.47. The van der Waals surface area contributed by atoms with Crippen LogP contribution in [-0.4, -0.2) is 18.5 Å². The Hall–Kier alpha value is -0.0800. The second-order valence-corrected chi connectivity index (χ2v) is 5.81. The molecule has 1 heterocycles. The molecule has 0 bridgehead atoms. The molecule has 16 heavy (non-hydrogen) atoms. The van der Waals surface area contributed by atoms with Gasteiger partial charge in [-0.15, -0.1) is 0 Å². The van der Waals surface area contributed by atoms with Crippen LogP contribution in [0.15, 0.2) is 0 Å². The van der Waals surface area contributed by atoms with Crippen LogP contribution in [0.2, 0.25) is 0 Å². The highest BCUT2D eigenvalue weighted by Gasteiger charge is 2.52. The molecule has 1 aliphatic heterocycles. The minimum absolute atomic E-state index is 0.163. The van der Waals surface area contributed by atoms with Gasteiger partial charge in [-0.3, -0.25) is 0 Å². The third-order valence-corrected chi connectivity index (χ3v) is 4.91. The number of fused-ring (bicyclic) bond motifs is 2. The summed E-state index contributed by atoms with van der Waals surface area (Å²) >= 11 is 0. The van der Waals surface area contributed by atoms with Crippen molar-refractivity contribution in [3.8, 4) is 0 Å². The normalized spacial score (nSPS) is 48.2. The molecule has 92 valence electrons. The van der Waals surface area contributed by atoms with E-state index >= 15 is 0 Å². The molecule has 0 N–H and O–H groups in total. The first-order valence-corrected chi connectivity index (χ1v) is 7.16. The van der Waals surface area contributed by atoms with Gasteiger partial charge in [0.05, 0.1) is 12.7 Å². The lowest BCUT2D eigenvalue weighted by molar-refractivity contribution is -0.240. The molecule has 3 fully saturated rings. The minimum atomic E-state index is -0.163. The Bertz CT molecular complexity index is 251. The summed E-state index contributed by atoms with van der Waals surface area (Å²) < 4.78 is 12.4. The van der Waals surface area contributed by atoms with E-state index in [2.05, 4.69) is 6.92 Å². The van der Waals surface area contributed by atoms with E-state index < -0.39 is 0 Å². The van der Waals surface area contributed by atoms with Gasteiger partial charge in [-0.05, 0) is 38.0 Å². The topological polar surface area (TPSA) is 18.5 Å². The van der Waals surface area contributed by atoms with Gasteiger partial charge < -0.3 is 9.47 Å². The second kappa shape index (κ2) is 4.30. The Morgan fingerprint density at radius 3 is 2.75 bits per heavy atom. The number of ether oxygens (including phenoxy) is 2. The van der Waals surface area contributed by atoms with Gasteiger partial charge in [0.1, 0.15) is 0 Å². The van der Waals surface area contributed by atoms with Crippen LogP contribution in [0.25, 0.3) is 0 Å². The molecule has 0 amide bonds. The van der Waals surface area contributed by atoms with Gasteiger partial charge in [-0.1, -0.05) is 19.8 Å². The average Bonchev–Trinajstić information content (AvgIpc) is 2.74. The lowest BCUT2D eigenvalue weighted by atomic mass is 9.67. The number of hydrogen-bond acceptors (Lipinski definition) is 2. The zero-order valence-electron chi connectivity index (χ0n) is 10.4. The average molecular weight is 224 g/mol. The molecular weight excluding hydrogens is 200 g/mol. The van der Waals surface area contributed by atoms with E-state index in [-0.39, 0.29) is 5.79 Å². The number of rotatable bonds is 1. The van der Waals surface area contributed by atoms with Crippen molar-refractivity contribution in [3.63, 3.8) is 0 Å². The van der Waals surface area contributed by atoms with Gasteiger partial charge in [0.15, 0.2) is 5.79 Å². The Morgan fingerprint density at radius 2 is 1.94 bits per heavy atom. The summed E-state index contributed by atoms with van der Waals surface area (Å²) in [5.74, 6) is 1.42. The quantitative estimate of drug-likeness (QED) is 0.678. The largest absolute Gasteiger partial charge is 0.347 e. The zero-order chi connectivity index (χ0) is 11.0. The van der Waals surface area contributed by atoms with Crippen molar-refractivity contribution in [2.24, 2.45) is 11.8 Å². The highest BCUT2D eigenvalue weighted by atomic mass is 16.7. The molecule has 4 unspecified atom stereocenters. The van der Waals surface area contributed by atoms with Crippen LogP contribution < -0.4 is 0 Å². The van der Waals surface area contributed by atoms with E-state index in [0.717, 1.165) is 25.4 Å². The fourth-order valence-electron chi connectivity index (χ4n) is 4.04. The van der Waals surface area contributed by atoms with Gasteiger partial charge in [0.2, 0.25) is 0 Å². The highest BCUT2D eigenvalue weighted by molar-refractivity contribution is 4.94. The van der Waals surface area contributed by atoms with Crippen molar-refractivity contribution in [1.29, 1.82) is 0 Å². The van der Waals surface area contributed by atoms with Crippen LogP contribution in [-0.2, 0) is 9.47 Å². The smallest absolute Gasteiger partial charge is 0.171 e. The summed E-state index contributed by atoms with van der Waals surface area (Å²) in [5.41, 5.74) is 0. The van der Waals surface area contributed by atoms with Gasteiger partial charge in [-0.25, -0.2) is 0 Å². The predicted molar refractivity (Wildman–Crippen MR) is 63.1 cm³/mol. The molecule has 3 rings (SSSR count). The third kappa shape index (κ3) is 1.70. The van der Waals surface area contributed by atoms with E-state index in [1.807, 2.05) is 0 Å². The van der Waals surface area contributed by atoms with Gasteiger partial charge in [0, 0.05) is 12.3 Å². The molecule has 2 heteroatoms. The van der Waals surface area contributed by atoms with E-state index in [9.17, 15) is 0 Å². The molecule has 2 saturated carbocycles. The monoisotopic (exact) mass is 224 g/mol. The Kier molecular flexibility index (Phi) is 2.97. The summed E-state index contributed by atoms with van der Waals surface area (Å²) in [6.45, 7) is 3.04. The first-order chi connectivity index (χ1) is 7.84. The van der Waals surface area contributed by atoms with Crippen LogP contribution >= 0.6 is 0 Å². The van der Waals surface area contributed by atoms with Gasteiger partial charge in [-0.2, -0.15) is 0 Å². The molecule has 0 radical (unpaired) electrons. The highest BCUT2D eigenvalue weighted by Crippen LogP contribution is 2.50. The third-order valence-electron chi connectivity index (χ3n) is 4.91. The summed E-state index contributed by atoms with van der Waals surface area (Å²) in [6.07, 6.45) is 10.9. The lowest BCUT2D eigenvalue weighted by Gasteiger charge is -2.46. The van der Waals surface area contributed by atoms with Crippen molar-refractivity contribution in [3.05, 3.63) is 0 Å². The van der Waals surface area contributed by atoms with Crippen molar-refractivity contribution in [1.82, 2.24) is 0 Å². The maximum atomic E-state index is 6.29. The maximum Gasteiger partial charge on any atom is 0.171 e. The molecule has 3 aliphatic rings. The maximum absolute atomic E-state index is 6.29. The Labute approximate surface area is 98.7 Å². The molecule has 2 aliphatic carbocycles. The predicted octanol–water partition coefficient (Wildman–Crippen LogP) is 3.50. The van der Waals surface area contributed by atoms with Crippen LogP contribution in [0.1, 0.15) is 58.3 Å². The molecule has 0 aromatic carbocycles. The summed E-state index contributed by atoms with van der Waals surface area (Å²) in [4.78, 5) is 0. The Morgan fingerprint density at radius 1 is 1.12 bits per heavy atom. The van der Waals surface area contributed by atoms with Crippen molar-refractivity contribution >= 4 is 0 Å². The Balaban J connectivity index is 1.77. The number of hydrogen-bond donors (Lipinski definition) is 0. The van der Waals surface area contributed by atoms with Crippen LogP contribution in [0.4, 0.5) is 0 Å². The van der Waals surface area contributed by atoms with E-state index in [0.29, 0.717) is 12.0 Å². The van der Waals surface area contributed by atoms with Gasteiger partial charge >= 0.3 is 0 Å². The van der Waals surface area contributed by atoms with E-state index in [1.165, 1.54) is 38.5 Å². The molecule has 4 atom stereocenters. The zero-order valence-corrected chi connectivity index (χ0v) is 10.4. The SMILES string of the molecule is CCC1COC2(CCCC3CCCCC32)O1. The summed E-state index contributed by atoms with van der Waals surface area (Å²) in [7, 11) is 0. The van der Waals surface area contributed by atoms with Crippen molar-refractivity contribution in [2.45, 2.75) is 70.2 Å². The molecule has 0 aromatic rings. The fraction of sp³-hybridized carbons (Fsp3) is 1.00. The molecular formula is C14H24O2. The summed E-state index contributed by atoms with van der Waals surface area (Å²) in [6, 6.07) is 0. The van der Waals surface area contributed by atoms with Crippen LogP contribution in [0.3, 0.4) is 0 Å². The fourth-order valence-corrected chi connectivity index (χ4v) is 4.04.